The molecule has 0 radical (unpaired) electrons. The van der Waals surface area contributed by atoms with Gasteiger partial charge in [-0.25, -0.2) is 4.98 Å². The number of fused-ring (bicyclic) bond motifs is 1. The summed E-state index contributed by atoms with van der Waals surface area (Å²) in [4.78, 5) is 30.3. The van der Waals surface area contributed by atoms with Crippen LogP contribution in [0.1, 0.15) is 77.8 Å². The first-order valence-corrected chi connectivity index (χ1v) is 14.9. The van der Waals surface area contributed by atoms with Crippen LogP contribution in [-0.2, 0) is 0 Å². The predicted octanol–water partition coefficient (Wildman–Crippen LogP) is 7.21. The van der Waals surface area contributed by atoms with Crippen LogP contribution in [0.25, 0.3) is 28.0 Å². The first-order chi connectivity index (χ1) is 20.7. The van der Waals surface area contributed by atoms with Gasteiger partial charge in [0.05, 0.1) is 24.0 Å². The van der Waals surface area contributed by atoms with Crippen LogP contribution in [-0.4, -0.2) is 45.0 Å². The third kappa shape index (κ3) is 6.30. The van der Waals surface area contributed by atoms with Crippen LogP contribution in [0.4, 0.5) is 18.9 Å². The summed E-state index contributed by atoms with van der Waals surface area (Å²) in [6, 6.07) is 12.9. The highest BCUT2D eigenvalue weighted by Crippen LogP contribution is 2.36. The lowest BCUT2D eigenvalue weighted by atomic mass is 9.99. The topological polar surface area (TPSA) is 87.5 Å². The molecule has 2 aliphatic rings. The van der Waals surface area contributed by atoms with E-state index in [4.69, 9.17) is 0 Å². The quantitative estimate of drug-likeness (QED) is 0.189. The van der Waals surface area contributed by atoms with Gasteiger partial charge in [-0.3, -0.25) is 14.0 Å². The highest BCUT2D eigenvalue weighted by molar-refractivity contribution is 5.98. The van der Waals surface area contributed by atoms with Crippen LogP contribution in [0.5, 0.6) is 0 Å². The predicted molar refractivity (Wildman–Crippen MR) is 165 cm³/mol. The Morgan fingerprint density at radius 1 is 0.841 bits per heavy atom. The number of benzene rings is 2. The van der Waals surface area contributed by atoms with Gasteiger partial charge in [0.25, 0.3) is 11.8 Å². The lowest BCUT2D eigenvalue weighted by molar-refractivity contribution is -0.131. The fourth-order valence-corrected chi connectivity index (χ4v) is 5.41. The van der Waals surface area contributed by atoms with Crippen LogP contribution in [0.3, 0.4) is 0 Å². The summed E-state index contributed by atoms with van der Waals surface area (Å²) in [7, 11) is 0. The number of anilines is 1. The second-order valence-corrected chi connectivity index (χ2v) is 12.9. The fraction of sp³-hybridized carbons (Fsp3) is 0.382. The summed E-state index contributed by atoms with van der Waals surface area (Å²) in [5, 5.41) is 9.12. The maximum Gasteiger partial charge on any atom is 0.390 e. The molecule has 2 fully saturated rings. The molecule has 0 atom stereocenters. The first kappa shape index (κ1) is 29.7. The summed E-state index contributed by atoms with van der Waals surface area (Å²) in [5.74, 6) is -0.223. The van der Waals surface area contributed by atoms with Crippen molar-refractivity contribution in [2.75, 3.05) is 11.9 Å². The fourth-order valence-electron chi connectivity index (χ4n) is 5.41. The molecule has 2 amide bonds. The Morgan fingerprint density at radius 3 is 1.91 bits per heavy atom. The number of nitrogens with one attached hydrogen (secondary N) is 3. The van der Waals surface area contributed by atoms with Crippen LogP contribution >= 0.6 is 0 Å². The van der Waals surface area contributed by atoms with Crippen molar-refractivity contribution >= 4 is 23.1 Å². The highest BCUT2D eigenvalue weighted by Gasteiger charge is 2.39. The standard InChI is InChI=1S/C34H36F3N5O2/c1-20-15-22(5-7-25(20)30(43)40-32(3)9-10-32)24-17-27(38-14-13-34(35,36)37)29-39-18-28(42(29)19-24)23-6-8-26(21(2)16-23)31(44)41-33(4)11-12-33/h5-8,15-19,38H,9-14H2,1-4H3,(H,40,43)(H,41,44). The number of amides is 2. The molecule has 2 aromatic carbocycles. The zero-order valence-corrected chi connectivity index (χ0v) is 25.3. The molecule has 0 spiro atoms. The summed E-state index contributed by atoms with van der Waals surface area (Å²) in [6.45, 7) is 7.52. The molecule has 7 nitrogen and oxygen atoms in total. The van der Waals surface area contributed by atoms with Crippen molar-refractivity contribution in [3.05, 3.63) is 77.1 Å². The van der Waals surface area contributed by atoms with Gasteiger partial charge in [-0.15, -0.1) is 0 Å². The van der Waals surface area contributed by atoms with Gasteiger partial charge in [0.1, 0.15) is 0 Å². The largest absolute Gasteiger partial charge is 0.390 e. The Kier molecular flexibility index (Phi) is 7.21. The van der Waals surface area contributed by atoms with E-state index in [1.165, 1.54) is 0 Å². The molecule has 2 heterocycles. The van der Waals surface area contributed by atoms with Crippen molar-refractivity contribution in [2.24, 2.45) is 0 Å². The Hall–Kier alpha value is -4.34. The van der Waals surface area contributed by atoms with E-state index in [-0.39, 0.29) is 29.4 Å². The molecule has 0 bridgehead atoms. The number of imidazole rings is 1. The van der Waals surface area contributed by atoms with Crippen LogP contribution in [0, 0.1) is 13.8 Å². The summed E-state index contributed by atoms with van der Waals surface area (Å²) < 4.78 is 40.8. The molecule has 0 aliphatic heterocycles. The Bertz CT molecular complexity index is 1780. The van der Waals surface area contributed by atoms with Crippen molar-refractivity contribution in [3.8, 4) is 22.4 Å². The highest BCUT2D eigenvalue weighted by atomic mass is 19.4. The SMILES string of the molecule is Cc1cc(-c2cc(NCCC(F)(F)F)c3ncc(-c4ccc(C(=O)NC5(C)CC5)c(C)c4)n3c2)ccc1C(=O)NC1(C)CC1. The molecule has 2 saturated carbocycles. The number of aromatic nitrogens is 2. The lowest BCUT2D eigenvalue weighted by Gasteiger charge is -2.16. The van der Waals surface area contributed by atoms with E-state index in [2.05, 4.69) is 20.9 Å². The molecule has 0 unspecified atom stereocenters. The molecule has 2 aliphatic carbocycles. The van der Waals surface area contributed by atoms with Crippen molar-refractivity contribution in [1.29, 1.82) is 0 Å². The second kappa shape index (κ2) is 10.7. The van der Waals surface area contributed by atoms with Crippen molar-refractivity contribution in [3.63, 3.8) is 0 Å². The lowest BCUT2D eigenvalue weighted by Crippen LogP contribution is -2.34. The third-order valence-corrected chi connectivity index (χ3v) is 8.73. The number of alkyl halides is 3. The molecule has 230 valence electrons. The minimum Gasteiger partial charge on any atom is -0.382 e. The maximum atomic E-state index is 13.0. The monoisotopic (exact) mass is 603 g/mol. The van der Waals surface area contributed by atoms with Gasteiger partial charge in [-0.05, 0) is 94.3 Å². The molecule has 10 heteroatoms. The first-order valence-electron chi connectivity index (χ1n) is 14.9. The minimum absolute atomic E-state index is 0.107. The average molecular weight is 604 g/mol. The van der Waals surface area contributed by atoms with E-state index >= 15 is 0 Å². The summed E-state index contributed by atoms with van der Waals surface area (Å²) in [6.07, 6.45) is 2.16. The normalized spacial score (nSPS) is 16.4. The smallest absolute Gasteiger partial charge is 0.382 e. The van der Waals surface area contributed by atoms with E-state index < -0.39 is 12.6 Å². The van der Waals surface area contributed by atoms with E-state index in [9.17, 15) is 22.8 Å². The number of pyridine rings is 1. The van der Waals surface area contributed by atoms with Gasteiger partial charge in [0, 0.05) is 46.1 Å². The number of halogens is 3. The van der Waals surface area contributed by atoms with E-state index in [0.717, 1.165) is 59.2 Å². The summed E-state index contributed by atoms with van der Waals surface area (Å²) >= 11 is 0. The van der Waals surface area contributed by atoms with E-state index in [1.807, 2.05) is 62.6 Å². The maximum absolute atomic E-state index is 13.0. The molecule has 4 aromatic rings. The number of hydrogen-bond acceptors (Lipinski definition) is 4. The zero-order valence-electron chi connectivity index (χ0n) is 25.3. The van der Waals surface area contributed by atoms with Crippen LogP contribution < -0.4 is 16.0 Å². The second-order valence-electron chi connectivity index (χ2n) is 12.9. The van der Waals surface area contributed by atoms with Crippen LogP contribution in [0.2, 0.25) is 0 Å². The summed E-state index contributed by atoms with van der Waals surface area (Å²) in [5.41, 5.74) is 6.58. The molecule has 6 rings (SSSR count). The third-order valence-electron chi connectivity index (χ3n) is 8.73. The van der Waals surface area contributed by atoms with Crippen LogP contribution in [0.15, 0.2) is 54.9 Å². The van der Waals surface area contributed by atoms with Gasteiger partial charge in [-0.2, -0.15) is 13.2 Å². The molecule has 3 N–H and O–H groups in total. The van der Waals surface area contributed by atoms with Crippen molar-refractivity contribution < 1.29 is 22.8 Å². The molecule has 44 heavy (non-hydrogen) atoms. The van der Waals surface area contributed by atoms with Gasteiger partial charge >= 0.3 is 6.18 Å². The van der Waals surface area contributed by atoms with Gasteiger partial charge in [0.2, 0.25) is 0 Å². The number of carbonyl (C=O) groups is 2. The Morgan fingerprint density at radius 2 is 1.39 bits per heavy atom. The van der Waals surface area contributed by atoms with Crippen molar-refractivity contribution in [2.45, 2.75) is 77.1 Å². The number of aryl methyl sites for hydroxylation is 2. The molecular formula is C34H36F3N5O2. The van der Waals surface area contributed by atoms with E-state index in [0.29, 0.717) is 22.5 Å². The Labute approximate surface area is 254 Å². The number of nitrogens with zero attached hydrogens (tertiary/aromatic N) is 2. The zero-order chi connectivity index (χ0) is 31.4. The van der Waals surface area contributed by atoms with Gasteiger partial charge in [-0.1, -0.05) is 18.2 Å². The van der Waals surface area contributed by atoms with Gasteiger partial charge < -0.3 is 16.0 Å². The van der Waals surface area contributed by atoms with Crippen molar-refractivity contribution in [1.82, 2.24) is 20.0 Å². The minimum atomic E-state index is -4.30. The van der Waals surface area contributed by atoms with Gasteiger partial charge in [0.15, 0.2) is 5.65 Å². The number of carbonyl (C=O) groups excluding carboxylic acids is 2. The number of hydrogen-bond donors (Lipinski definition) is 3. The molecule has 0 saturated heterocycles. The average Bonchev–Trinajstić information content (AvgIpc) is 3.81. The van der Waals surface area contributed by atoms with E-state index in [1.54, 1.807) is 24.4 Å². The Balaban J connectivity index is 1.37. The molecular weight excluding hydrogens is 567 g/mol. The number of rotatable bonds is 9. The molecule has 2 aromatic heterocycles.